The third-order valence-electron chi connectivity index (χ3n) is 4.84. The van der Waals surface area contributed by atoms with E-state index in [9.17, 15) is 9.18 Å². The van der Waals surface area contributed by atoms with E-state index in [1.807, 2.05) is 24.3 Å². The Morgan fingerprint density at radius 3 is 2.48 bits per heavy atom. The largest absolute Gasteiger partial charge is 0.449 e. The second kappa shape index (κ2) is 8.45. The number of hydrogen-bond acceptors (Lipinski definition) is 3. The first kappa shape index (κ1) is 19.2. The summed E-state index contributed by atoms with van der Waals surface area (Å²) in [6, 6.07) is 17.6. The van der Waals surface area contributed by atoms with Gasteiger partial charge in [-0.05, 0) is 28.3 Å². The van der Waals surface area contributed by atoms with E-state index in [1.54, 1.807) is 12.2 Å². The molecular weight excluding hydrogens is 391 g/mol. The molecule has 0 radical (unpaired) electrons. The van der Waals surface area contributed by atoms with Gasteiger partial charge in [0.15, 0.2) is 0 Å². The molecule has 1 aromatic heterocycles. The van der Waals surface area contributed by atoms with Crippen LogP contribution in [0.3, 0.4) is 0 Å². The highest BCUT2D eigenvalue weighted by molar-refractivity contribution is 6.30. The Balaban J connectivity index is 1.34. The first-order valence-corrected chi connectivity index (χ1v) is 9.57. The summed E-state index contributed by atoms with van der Waals surface area (Å²) in [5, 5.41) is 2.85. The van der Waals surface area contributed by atoms with Gasteiger partial charge >= 0.3 is 6.09 Å². The number of rotatable bonds is 5. The SMILES string of the molecule is O=C(NCC=Cc1cc(F)cnc1Cl)OCC1c2ccccc2-c2ccccc21. The quantitative estimate of drug-likeness (QED) is 0.573. The van der Waals surface area contributed by atoms with Crippen LogP contribution in [0.2, 0.25) is 5.15 Å². The van der Waals surface area contributed by atoms with Crippen LogP contribution in [0.15, 0.2) is 66.9 Å². The maximum Gasteiger partial charge on any atom is 0.407 e. The Morgan fingerprint density at radius 1 is 1.14 bits per heavy atom. The molecule has 6 heteroatoms. The van der Waals surface area contributed by atoms with Crippen molar-refractivity contribution in [3.63, 3.8) is 0 Å². The molecule has 1 amide bonds. The van der Waals surface area contributed by atoms with E-state index in [0.29, 0.717) is 5.56 Å². The zero-order valence-electron chi connectivity index (χ0n) is 15.4. The summed E-state index contributed by atoms with van der Waals surface area (Å²) in [4.78, 5) is 15.8. The van der Waals surface area contributed by atoms with E-state index in [2.05, 4.69) is 34.6 Å². The second-order valence-corrected chi connectivity index (χ2v) is 7.00. The molecule has 1 N–H and O–H groups in total. The fourth-order valence-electron chi connectivity index (χ4n) is 3.53. The lowest BCUT2D eigenvalue weighted by atomic mass is 9.98. The van der Waals surface area contributed by atoms with Crippen molar-refractivity contribution >= 4 is 23.8 Å². The van der Waals surface area contributed by atoms with Crippen molar-refractivity contribution in [3.8, 4) is 11.1 Å². The fourth-order valence-corrected chi connectivity index (χ4v) is 3.70. The number of ether oxygens (including phenoxy) is 1. The molecule has 0 aliphatic heterocycles. The zero-order valence-corrected chi connectivity index (χ0v) is 16.2. The van der Waals surface area contributed by atoms with Gasteiger partial charge in [0, 0.05) is 18.0 Å². The van der Waals surface area contributed by atoms with Crippen LogP contribution in [-0.4, -0.2) is 24.2 Å². The average molecular weight is 409 g/mol. The van der Waals surface area contributed by atoms with Crippen LogP contribution in [0.1, 0.15) is 22.6 Å². The molecule has 0 fully saturated rings. The molecule has 29 heavy (non-hydrogen) atoms. The summed E-state index contributed by atoms with van der Waals surface area (Å²) in [7, 11) is 0. The summed E-state index contributed by atoms with van der Waals surface area (Å²) < 4.78 is 18.7. The molecule has 0 unspecified atom stereocenters. The number of nitrogens with zero attached hydrogens (tertiary/aromatic N) is 1. The topological polar surface area (TPSA) is 51.2 Å². The van der Waals surface area contributed by atoms with Gasteiger partial charge in [-0.25, -0.2) is 14.2 Å². The zero-order chi connectivity index (χ0) is 20.2. The average Bonchev–Trinajstić information content (AvgIpc) is 3.06. The van der Waals surface area contributed by atoms with E-state index >= 15 is 0 Å². The highest BCUT2D eigenvalue weighted by Gasteiger charge is 2.28. The van der Waals surface area contributed by atoms with Crippen LogP contribution in [0.25, 0.3) is 17.2 Å². The molecule has 0 spiro atoms. The Labute approximate surface area is 173 Å². The van der Waals surface area contributed by atoms with Gasteiger partial charge in [0.1, 0.15) is 17.6 Å². The minimum atomic E-state index is -0.514. The van der Waals surface area contributed by atoms with Crippen molar-refractivity contribution in [2.24, 2.45) is 0 Å². The highest BCUT2D eigenvalue weighted by atomic mass is 35.5. The van der Waals surface area contributed by atoms with E-state index in [0.717, 1.165) is 17.3 Å². The molecule has 0 bridgehead atoms. The normalized spacial score (nSPS) is 12.6. The molecule has 2 aromatic carbocycles. The lowest BCUT2D eigenvalue weighted by Gasteiger charge is -2.14. The Morgan fingerprint density at radius 2 is 1.79 bits per heavy atom. The lowest BCUT2D eigenvalue weighted by molar-refractivity contribution is 0.144. The monoisotopic (exact) mass is 408 g/mol. The smallest absolute Gasteiger partial charge is 0.407 e. The van der Waals surface area contributed by atoms with E-state index in [-0.39, 0.29) is 24.2 Å². The fraction of sp³-hybridized carbons (Fsp3) is 0.130. The predicted molar refractivity (Wildman–Crippen MR) is 111 cm³/mol. The van der Waals surface area contributed by atoms with Gasteiger partial charge in [0.25, 0.3) is 0 Å². The van der Waals surface area contributed by atoms with Crippen molar-refractivity contribution in [2.75, 3.05) is 13.2 Å². The first-order chi connectivity index (χ1) is 14.1. The number of benzene rings is 2. The third kappa shape index (κ3) is 4.15. The van der Waals surface area contributed by atoms with Crippen molar-refractivity contribution in [1.29, 1.82) is 0 Å². The number of carbonyl (C=O) groups is 1. The minimum absolute atomic E-state index is 0.0147. The van der Waals surface area contributed by atoms with Crippen molar-refractivity contribution in [1.82, 2.24) is 10.3 Å². The van der Waals surface area contributed by atoms with Gasteiger partial charge in [0.2, 0.25) is 0 Å². The number of fused-ring (bicyclic) bond motifs is 3. The molecule has 0 saturated heterocycles. The van der Waals surface area contributed by atoms with Gasteiger partial charge in [-0.3, -0.25) is 0 Å². The standard InChI is InChI=1S/C23H18ClFN2O2/c24-22-15(12-16(25)13-27-22)6-5-11-26-23(28)29-14-21-19-9-3-1-7-17(19)18-8-2-4-10-20(18)21/h1-10,12-13,21H,11,14H2,(H,26,28). The van der Waals surface area contributed by atoms with Crippen molar-refractivity contribution < 1.29 is 13.9 Å². The summed E-state index contributed by atoms with van der Waals surface area (Å²) in [5.41, 5.74) is 5.13. The van der Waals surface area contributed by atoms with Crippen LogP contribution >= 0.6 is 11.6 Å². The maximum atomic E-state index is 13.2. The molecule has 3 aromatic rings. The van der Waals surface area contributed by atoms with E-state index in [1.165, 1.54) is 17.2 Å². The molecule has 1 heterocycles. The Kier molecular flexibility index (Phi) is 5.58. The summed E-state index contributed by atoms with van der Waals surface area (Å²) >= 11 is 5.90. The van der Waals surface area contributed by atoms with Gasteiger partial charge in [-0.15, -0.1) is 0 Å². The van der Waals surface area contributed by atoms with E-state index in [4.69, 9.17) is 16.3 Å². The molecular formula is C23H18ClFN2O2. The second-order valence-electron chi connectivity index (χ2n) is 6.64. The lowest BCUT2D eigenvalue weighted by Crippen LogP contribution is -2.26. The van der Waals surface area contributed by atoms with Crippen molar-refractivity contribution in [2.45, 2.75) is 5.92 Å². The maximum absolute atomic E-state index is 13.2. The van der Waals surface area contributed by atoms with Crippen LogP contribution in [-0.2, 0) is 4.74 Å². The molecule has 4 nitrogen and oxygen atoms in total. The Hall–Kier alpha value is -3.18. The Bertz CT molecular complexity index is 1040. The minimum Gasteiger partial charge on any atom is -0.449 e. The number of halogens is 2. The molecule has 0 saturated carbocycles. The molecule has 1 aliphatic rings. The molecule has 0 atom stereocenters. The molecule has 1 aliphatic carbocycles. The summed E-state index contributed by atoms with van der Waals surface area (Å²) in [5.74, 6) is -0.459. The first-order valence-electron chi connectivity index (χ1n) is 9.20. The number of pyridine rings is 1. The number of alkyl carbamates (subject to hydrolysis) is 1. The van der Waals surface area contributed by atoms with Gasteiger partial charge in [-0.2, -0.15) is 0 Å². The van der Waals surface area contributed by atoms with Crippen LogP contribution < -0.4 is 5.32 Å². The van der Waals surface area contributed by atoms with Crippen LogP contribution in [0.4, 0.5) is 9.18 Å². The van der Waals surface area contributed by atoms with E-state index < -0.39 is 11.9 Å². The predicted octanol–water partition coefficient (Wildman–Crippen LogP) is 5.43. The van der Waals surface area contributed by atoms with Gasteiger partial charge in [0.05, 0.1) is 6.20 Å². The summed E-state index contributed by atoms with van der Waals surface area (Å²) in [6.45, 7) is 0.479. The van der Waals surface area contributed by atoms with Crippen LogP contribution in [0, 0.1) is 5.82 Å². The summed E-state index contributed by atoms with van der Waals surface area (Å²) in [6.07, 6.45) is 3.79. The van der Waals surface area contributed by atoms with Gasteiger partial charge < -0.3 is 10.1 Å². The number of amides is 1. The highest BCUT2D eigenvalue weighted by Crippen LogP contribution is 2.44. The molecule has 146 valence electrons. The van der Waals surface area contributed by atoms with Gasteiger partial charge in [-0.1, -0.05) is 72.3 Å². The number of nitrogens with one attached hydrogen (secondary N) is 1. The third-order valence-corrected chi connectivity index (χ3v) is 5.15. The number of carbonyl (C=O) groups excluding carboxylic acids is 1. The van der Waals surface area contributed by atoms with Crippen molar-refractivity contribution in [3.05, 3.63) is 94.5 Å². The molecule has 4 rings (SSSR count). The number of hydrogen-bond donors (Lipinski definition) is 1. The number of aromatic nitrogens is 1. The van der Waals surface area contributed by atoms with Crippen LogP contribution in [0.5, 0.6) is 0 Å².